The molecular weight excluding hydrogens is 533 g/mol. The van der Waals surface area contributed by atoms with Crippen molar-refractivity contribution in [1.82, 2.24) is 9.97 Å². The predicted octanol–water partition coefficient (Wildman–Crippen LogP) is 7.78. The summed E-state index contributed by atoms with van der Waals surface area (Å²) in [6.07, 6.45) is -7.36. The molecule has 4 nitrogen and oxygen atoms in total. The second-order valence-electron chi connectivity index (χ2n) is 8.36. The minimum atomic E-state index is -4.82. The molecule has 37 heavy (non-hydrogen) atoms. The van der Waals surface area contributed by atoms with E-state index in [1.165, 1.54) is 17.5 Å². The summed E-state index contributed by atoms with van der Waals surface area (Å²) in [5.41, 5.74) is 0.648. The van der Waals surface area contributed by atoms with E-state index in [4.69, 9.17) is 11.6 Å². The molecule has 2 aromatic heterocycles. The average molecular weight is 554 g/mol. The number of aromatic nitrogens is 2. The number of hydrogen-bond donors (Lipinski definition) is 1. The largest absolute Gasteiger partial charge is 0.461 e. The zero-order chi connectivity index (χ0) is 26.8. The van der Waals surface area contributed by atoms with Gasteiger partial charge in [0.25, 0.3) is 0 Å². The van der Waals surface area contributed by atoms with E-state index in [0.717, 1.165) is 28.3 Å². The fourth-order valence-corrected chi connectivity index (χ4v) is 4.83. The van der Waals surface area contributed by atoms with E-state index in [9.17, 15) is 22.0 Å². The Hall–Kier alpha value is -3.24. The monoisotopic (exact) mass is 553 g/mol. The number of hydrogen-bond acceptors (Lipinski definition) is 5. The van der Waals surface area contributed by atoms with Crippen LogP contribution in [-0.4, -0.2) is 22.5 Å². The topological polar surface area (TPSA) is 47.0 Å². The van der Waals surface area contributed by atoms with Crippen molar-refractivity contribution in [3.05, 3.63) is 105 Å². The fourth-order valence-electron chi connectivity index (χ4n) is 3.83. The molecule has 0 saturated heterocycles. The molecule has 2 heterocycles. The van der Waals surface area contributed by atoms with Gasteiger partial charge in [-0.1, -0.05) is 41.9 Å². The molecule has 0 radical (unpaired) electrons. The van der Waals surface area contributed by atoms with Crippen molar-refractivity contribution in [2.75, 3.05) is 5.32 Å². The van der Waals surface area contributed by atoms with E-state index in [2.05, 4.69) is 20.0 Å². The van der Waals surface area contributed by atoms with Crippen LogP contribution in [0.3, 0.4) is 0 Å². The Kier molecular flexibility index (Phi) is 7.70. The number of benzene rings is 2. The molecule has 0 aliphatic rings. The van der Waals surface area contributed by atoms with E-state index >= 15 is 0 Å². The van der Waals surface area contributed by atoms with Crippen LogP contribution in [0, 0.1) is 19.7 Å². The number of nitrogens with zero attached hydrogens (tertiary/aromatic N) is 2. The molecule has 0 bridgehead atoms. The molecular formula is C26H21ClF5N3OS. The van der Waals surface area contributed by atoms with Crippen molar-refractivity contribution >= 4 is 28.1 Å². The number of aryl methyl sites for hydroxylation is 2. The van der Waals surface area contributed by atoms with E-state index in [1.54, 1.807) is 12.1 Å². The van der Waals surface area contributed by atoms with Crippen LogP contribution in [0.15, 0.2) is 66.9 Å². The average Bonchev–Trinajstić information content (AvgIpc) is 3.15. The second kappa shape index (κ2) is 10.6. The summed E-state index contributed by atoms with van der Waals surface area (Å²) in [5, 5.41) is 4.15. The van der Waals surface area contributed by atoms with Crippen LogP contribution in [0.1, 0.15) is 27.4 Å². The zero-order valence-corrected chi connectivity index (χ0v) is 21.2. The number of ether oxygens (including phenoxy) is 1. The van der Waals surface area contributed by atoms with Gasteiger partial charge in [-0.25, -0.2) is 9.37 Å². The van der Waals surface area contributed by atoms with E-state index < -0.39 is 29.6 Å². The zero-order valence-electron chi connectivity index (χ0n) is 19.6. The molecule has 1 N–H and O–H groups in total. The van der Waals surface area contributed by atoms with Gasteiger partial charge in [0.05, 0.1) is 16.4 Å². The maximum Gasteiger partial charge on any atom is 0.461 e. The van der Waals surface area contributed by atoms with Crippen molar-refractivity contribution in [2.45, 2.75) is 38.3 Å². The summed E-state index contributed by atoms with van der Waals surface area (Å²) in [4.78, 5) is 9.93. The lowest BCUT2D eigenvalue weighted by atomic mass is 9.80. The first-order valence-electron chi connectivity index (χ1n) is 11.0. The van der Waals surface area contributed by atoms with Crippen LogP contribution in [0.25, 0.3) is 0 Å². The SMILES string of the molecule is Cc1nc(N[C@](Cc2ccccc2)(c2cc(F)cc(OC(F)(F)C(F)F)c2)c2ccc(Cl)cn2)sc1C. The minimum Gasteiger partial charge on any atom is -0.428 e. The van der Waals surface area contributed by atoms with Gasteiger partial charge in [-0.2, -0.15) is 17.6 Å². The Morgan fingerprint density at radius 2 is 1.78 bits per heavy atom. The highest BCUT2D eigenvalue weighted by atomic mass is 35.5. The Bertz CT molecular complexity index is 1350. The number of thiazole rings is 1. The van der Waals surface area contributed by atoms with Crippen LogP contribution >= 0.6 is 22.9 Å². The highest BCUT2D eigenvalue weighted by Crippen LogP contribution is 2.40. The van der Waals surface area contributed by atoms with Crippen LogP contribution in [0.2, 0.25) is 5.02 Å². The van der Waals surface area contributed by atoms with Crippen LogP contribution < -0.4 is 10.1 Å². The molecule has 194 valence electrons. The van der Waals surface area contributed by atoms with Gasteiger partial charge < -0.3 is 10.1 Å². The summed E-state index contributed by atoms with van der Waals surface area (Å²) < 4.78 is 72.3. The Morgan fingerprint density at radius 3 is 2.38 bits per heavy atom. The minimum absolute atomic E-state index is 0.108. The molecule has 4 aromatic rings. The Morgan fingerprint density at radius 1 is 1.05 bits per heavy atom. The molecule has 0 spiro atoms. The van der Waals surface area contributed by atoms with E-state index in [0.29, 0.717) is 21.9 Å². The van der Waals surface area contributed by atoms with Gasteiger partial charge in [0.2, 0.25) is 0 Å². The van der Waals surface area contributed by atoms with Crippen LogP contribution in [0.4, 0.5) is 27.1 Å². The molecule has 0 amide bonds. The van der Waals surface area contributed by atoms with Gasteiger partial charge in [0.1, 0.15) is 17.1 Å². The summed E-state index contributed by atoms with van der Waals surface area (Å²) in [7, 11) is 0. The lowest BCUT2D eigenvalue weighted by Crippen LogP contribution is -2.40. The van der Waals surface area contributed by atoms with Crippen molar-refractivity contribution in [1.29, 1.82) is 0 Å². The number of pyridine rings is 1. The molecule has 11 heteroatoms. The normalized spacial score (nSPS) is 13.4. The van der Waals surface area contributed by atoms with Crippen LogP contribution in [-0.2, 0) is 12.0 Å². The molecule has 0 aliphatic carbocycles. The molecule has 1 atom stereocenters. The van der Waals surface area contributed by atoms with Gasteiger partial charge in [-0.3, -0.25) is 4.98 Å². The summed E-state index contributed by atoms with van der Waals surface area (Å²) in [6, 6.07) is 15.2. The maximum absolute atomic E-state index is 14.9. The summed E-state index contributed by atoms with van der Waals surface area (Å²) in [6.45, 7) is 3.72. The number of rotatable bonds is 9. The van der Waals surface area contributed by atoms with Gasteiger partial charge in [-0.05, 0) is 49.2 Å². The third-order valence-electron chi connectivity index (χ3n) is 5.70. The third-order valence-corrected chi connectivity index (χ3v) is 6.91. The smallest absolute Gasteiger partial charge is 0.428 e. The highest BCUT2D eigenvalue weighted by molar-refractivity contribution is 7.15. The first-order chi connectivity index (χ1) is 17.5. The van der Waals surface area contributed by atoms with E-state index in [1.807, 2.05) is 44.2 Å². The lowest BCUT2D eigenvalue weighted by Gasteiger charge is -2.35. The third kappa shape index (κ3) is 6.02. The first-order valence-corrected chi connectivity index (χ1v) is 12.2. The Labute approximate surface area is 219 Å². The second-order valence-corrected chi connectivity index (χ2v) is 9.99. The molecule has 0 saturated carbocycles. The van der Waals surface area contributed by atoms with Crippen LogP contribution in [0.5, 0.6) is 5.75 Å². The quantitative estimate of drug-likeness (QED) is 0.215. The number of alkyl halides is 4. The summed E-state index contributed by atoms with van der Waals surface area (Å²) in [5.74, 6) is -1.72. The van der Waals surface area contributed by atoms with E-state index in [-0.39, 0.29) is 12.0 Å². The first kappa shape index (κ1) is 26.8. The van der Waals surface area contributed by atoms with Crippen molar-refractivity contribution < 1.29 is 26.7 Å². The van der Waals surface area contributed by atoms with Gasteiger partial charge in [0, 0.05) is 23.6 Å². The molecule has 2 aromatic carbocycles. The Balaban J connectivity index is 1.95. The fraction of sp³-hybridized carbons (Fsp3) is 0.231. The van der Waals surface area contributed by atoms with Crippen molar-refractivity contribution in [2.24, 2.45) is 0 Å². The van der Waals surface area contributed by atoms with Gasteiger partial charge >= 0.3 is 12.5 Å². The molecule has 4 rings (SSSR count). The predicted molar refractivity (Wildman–Crippen MR) is 133 cm³/mol. The molecule has 0 unspecified atom stereocenters. The maximum atomic E-state index is 14.9. The number of halogens is 6. The molecule has 0 aliphatic heterocycles. The molecule has 0 fully saturated rings. The standard InChI is InChI=1S/C26H21ClF5N3OS/c1-15-16(2)37-24(34-15)35-25(13-17-6-4-3-5-7-17,22-9-8-19(27)14-33-22)18-10-20(28)12-21(11-18)36-26(31,32)23(29)30/h3-12,14,23H,13H2,1-2H3,(H,34,35)/t25-/m1/s1. The lowest BCUT2D eigenvalue weighted by molar-refractivity contribution is -0.253. The van der Waals surface area contributed by atoms with Crippen molar-refractivity contribution in [3.63, 3.8) is 0 Å². The van der Waals surface area contributed by atoms with Gasteiger partial charge in [0.15, 0.2) is 5.13 Å². The number of nitrogens with one attached hydrogen (secondary N) is 1. The number of anilines is 1. The summed E-state index contributed by atoms with van der Waals surface area (Å²) >= 11 is 7.42. The van der Waals surface area contributed by atoms with Gasteiger partial charge in [-0.15, -0.1) is 11.3 Å². The highest BCUT2D eigenvalue weighted by Gasteiger charge is 2.45. The van der Waals surface area contributed by atoms with Crippen molar-refractivity contribution in [3.8, 4) is 5.75 Å².